The molecule has 5 rings (SSSR count). The van der Waals surface area contributed by atoms with Crippen LogP contribution in [-0.2, 0) is 19.9 Å². The van der Waals surface area contributed by atoms with E-state index in [4.69, 9.17) is 10.9 Å². The number of pyridine rings is 1. The number of sulfone groups is 1. The van der Waals surface area contributed by atoms with Gasteiger partial charge in [-0.3, -0.25) is 0 Å². The monoisotopic (exact) mass is 514 g/mol. The SMILES string of the molecule is Nc1nc2c(-c3ccc(S(=O)(=O)c4ccccn4)c(S(N)(=O)=O)c3-c3nn[nH]n3)cccc2s1. The first-order valence-electron chi connectivity index (χ1n) is 9.43. The third-order valence-corrected chi connectivity index (χ3v) is 8.59. The molecule has 0 aliphatic heterocycles. The molecule has 0 bridgehead atoms. The number of hydrogen-bond donors (Lipinski definition) is 3. The summed E-state index contributed by atoms with van der Waals surface area (Å²) in [4.78, 5) is 6.97. The molecule has 0 saturated carbocycles. The number of nitrogens with two attached hydrogens (primary N) is 2. The Balaban J connectivity index is 1.93. The first kappa shape index (κ1) is 22.0. The quantitative estimate of drug-likeness (QED) is 0.309. The van der Waals surface area contributed by atoms with E-state index in [1.807, 2.05) is 0 Å². The highest BCUT2D eigenvalue weighted by atomic mass is 32.2. The van der Waals surface area contributed by atoms with E-state index in [0.717, 1.165) is 10.8 Å². The molecule has 0 saturated heterocycles. The van der Waals surface area contributed by atoms with Crippen LogP contribution in [-0.4, -0.2) is 47.4 Å². The Morgan fingerprint density at radius 1 is 0.941 bits per heavy atom. The number of benzene rings is 2. The zero-order valence-electron chi connectivity index (χ0n) is 16.9. The van der Waals surface area contributed by atoms with Gasteiger partial charge in [-0.05, 0) is 35.0 Å². The smallest absolute Gasteiger partial charge is 0.240 e. The van der Waals surface area contributed by atoms with Gasteiger partial charge in [0.1, 0.15) is 4.90 Å². The van der Waals surface area contributed by atoms with Gasteiger partial charge in [0.2, 0.25) is 25.7 Å². The fourth-order valence-corrected chi connectivity index (χ4v) is 7.12. The van der Waals surface area contributed by atoms with E-state index in [9.17, 15) is 16.8 Å². The van der Waals surface area contributed by atoms with Gasteiger partial charge in [-0.2, -0.15) is 5.21 Å². The molecule has 2 aromatic carbocycles. The number of anilines is 1. The largest absolute Gasteiger partial charge is 0.375 e. The maximum atomic E-state index is 13.4. The van der Waals surface area contributed by atoms with Gasteiger partial charge in [0, 0.05) is 11.8 Å². The summed E-state index contributed by atoms with van der Waals surface area (Å²) >= 11 is 1.25. The van der Waals surface area contributed by atoms with E-state index in [0.29, 0.717) is 16.2 Å². The van der Waals surface area contributed by atoms with Crippen LogP contribution in [0.1, 0.15) is 0 Å². The number of hydrogen-bond acceptors (Lipinski definition) is 11. The lowest BCUT2D eigenvalue weighted by molar-refractivity contribution is 0.581. The minimum absolute atomic E-state index is 0.146. The van der Waals surface area contributed by atoms with Crippen LogP contribution in [0.5, 0.6) is 0 Å². The fourth-order valence-electron chi connectivity index (χ4n) is 3.57. The molecule has 0 unspecified atom stereocenters. The molecule has 0 amide bonds. The fraction of sp³-hybridized carbons (Fsp3) is 0. The predicted octanol–water partition coefficient (Wildman–Crippen LogP) is 1.60. The molecule has 12 nitrogen and oxygen atoms in total. The number of H-pyrrole nitrogens is 1. The van der Waals surface area contributed by atoms with E-state index in [2.05, 4.69) is 30.6 Å². The molecule has 5 N–H and O–H groups in total. The Hall–Kier alpha value is -3.79. The van der Waals surface area contributed by atoms with Gasteiger partial charge in [0.25, 0.3) is 0 Å². The summed E-state index contributed by atoms with van der Waals surface area (Å²) in [5, 5.41) is 19.1. The maximum absolute atomic E-state index is 13.4. The summed E-state index contributed by atoms with van der Waals surface area (Å²) in [7, 11) is -9.02. The average molecular weight is 515 g/mol. The highest BCUT2D eigenvalue weighted by Crippen LogP contribution is 2.42. The van der Waals surface area contributed by atoms with Gasteiger partial charge in [-0.15, -0.1) is 10.2 Å². The van der Waals surface area contributed by atoms with Crippen LogP contribution >= 0.6 is 11.3 Å². The van der Waals surface area contributed by atoms with Crippen LogP contribution in [0.2, 0.25) is 0 Å². The number of primary sulfonamides is 1. The summed E-state index contributed by atoms with van der Waals surface area (Å²) in [6, 6.07) is 12.1. The number of sulfonamides is 1. The third kappa shape index (κ3) is 3.60. The van der Waals surface area contributed by atoms with Crippen molar-refractivity contribution in [3.05, 3.63) is 54.7 Å². The molecule has 0 fully saturated rings. The Morgan fingerprint density at radius 3 is 2.44 bits per heavy atom. The molecule has 5 aromatic rings. The third-order valence-electron chi connectivity index (χ3n) is 4.90. The van der Waals surface area contributed by atoms with Gasteiger partial charge >= 0.3 is 0 Å². The average Bonchev–Trinajstić information content (AvgIpc) is 3.47. The second-order valence-electron chi connectivity index (χ2n) is 6.97. The number of thiazole rings is 1. The molecular formula is C19H14N8O4S3. The Morgan fingerprint density at radius 2 is 1.76 bits per heavy atom. The number of aromatic amines is 1. The van der Waals surface area contributed by atoms with Crippen molar-refractivity contribution in [2.75, 3.05) is 5.73 Å². The number of fused-ring (bicyclic) bond motifs is 1. The van der Waals surface area contributed by atoms with Crippen molar-refractivity contribution in [2.45, 2.75) is 14.8 Å². The van der Waals surface area contributed by atoms with E-state index in [1.165, 1.54) is 41.8 Å². The van der Waals surface area contributed by atoms with Gasteiger partial charge in [-0.25, -0.2) is 31.9 Å². The van der Waals surface area contributed by atoms with Crippen molar-refractivity contribution < 1.29 is 16.8 Å². The lowest BCUT2D eigenvalue weighted by Crippen LogP contribution is -2.19. The van der Waals surface area contributed by atoms with E-state index < -0.39 is 29.7 Å². The Labute approximate surface area is 196 Å². The highest BCUT2D eigenvalue weighted by molar-refractivity contribution is 7.93. The van der Waals surface area contributed by atoms with E-state index in [-0.39, 0.29) is 22.0 Å². The normalized spacial score (nSPS) is 12.3. The van der Waals surface area contributed by atoms with Crippen LogP contribution in [0.3, 0.4) is 0 Å². The summed E-state index contributed by atoms with van der Waals surface area (Å²) in [5.74, 6) is -0.169. The van der Waals surface area contributed by atoms with Crippen LogP contribution in [0, 0.1) is 0 Å². The first-order valence-corrected chi connectivity index (χ1v) is 13.3. The number of aromatic nitrogens is 6. The van der Waals surface area contributed by atoms with Crippen molar-refractivity contribution in [3.8, 4) is 22.5 Å². The van der Waals surface area contributed by atoms with Gasteiger partial charge in [0.05, 0.1) is 20.7 Å². The van der Waals surface area contributed by atoms with Crippen LogP contribution < -0.4 is 10.9 Å². The molecule has 0 aliphatic carbocycles. The standard InChI is InChI=1S/C19H14N8O4S3/c20-19-23-16-11(4-3-5-12(16)32-19)10-7-8-13(33(28,29)14-6-1-2-9-22-14)17(34(21,30)31)15(10)18-24-26-27-25-18/h1-9H,(H2,20,23)(H2,21,30,31)(H,24,25,26,27). The topological polar surface area (TPSA) is 201 Å². The molecule has 3 heterocycles. The molecule has 0 atom stereocenters. The molecule has 0 radical (unpaired) electrons. The van der Waals surface area contributed by atoms with E-state index >= 15 is 0 Å². The number of nitrogens with zero attached hydrogens (tertiary/aromatic N) is 5. The zero-order chi connectivity index (χ0) is 24.1. The lowest BCUT2D eigenvalue weighted by atomic mass is 9.98. The summed E-state index contributed by atoms with van der Waals surface area (Å²) in [5.41, 5.74) is 6.99. The predicted molar refractivity (Wildman–Crippen MR) is 124 cm³/mol. The highest BCUT2D eigenvalue weighted by Gasteiger charge is 2.34. The van der Waals surface area contributed by atoms with Gasteiger partial charge in [-0.1, -0.05) is 35.6 Å². The zero-order valence-corrected chi connectivity index (χ0v) is 19.4. The summed E-state index contributed by atoms with van der Waals surface area (Å²) in [6.45, 7) is 0. The second-order valence-corrected chi connectivity index (χ2v) is 11.4. The number of nitrogen functional groups attached to an aromatic ring is 1. The summed E-state index contributed by atoms with van der Waals surface area (Å²) in [6.07, 6.45) is 1.28. The first-order chi connectivity index (χ1) is 16.2. The van der Waals surface area contributed by atoms with Crippen molar-refractivity contribution in [3.63, 3.8) is 0 Å². The number of tetrazole rings is 1. The van der Waals surface area contributed by atoms with Crippen molar-refractivity contribution in [1.29, 1.82) is 0 Å². The Kier molecular flexibility index (Phi) is 5.12. The molecule has 0 aliphatic rings. The second kappa shape index (κ2) is 7.91. The number of nitrogens with one attached hydrogen (secondary N) is 1. The molecule has 0 spiro atoms. The molecule has 34 heavy (non-hydrogen) atoms. The van der Waals surface area contributed by atoms with Crippen LogP contribution in [0.4, 0.5) is 5.13 Å². The maximum Gasteiger partial charge on any atom is 0.240 e. The van der Waals surface area contributed by atoms with Crippen molar-refractivity contribution >= 4 is 46.5 Å². The minimum atomic E-state index is -4.63. The Bertz CT molecular complexity index is 1750. The van der Waals surface area contributed by atoms with Crippen molar-refractivity contribution in [2.24, 2.45) is 5.14 Å². The number of para-hydroxylation sites is 1. The molecule has 3 aromatic heterocycles. The van der Waals surface area contributed by atoms with Crippen LogP contribution in [0.25, 0.3) is 32.7 Å². The molecule has 172 valence electrons. The molecule has 15 heteroatoms. The van der Waals surface area contributed by atoms with Crippen LogP contribution in [0.15, 0.2) is 69.5 Å². The number of rotatable bonds is 5. The van der Waals surface area contributed by atoms with Gasteiger partial charge < -0.3 is 5.73 Å². The van der Waals surface area contributed by atoms with E-state index in [1.54, 1.807) is 18.2 Å². The van der Waals surface area contributed by atoms with Gasteiger partial charge in [0.15, 0.2) is 10.2 Å². The molecular weight excluding hydrogens is 500 g/mol. The van der Waals surface area contributed by atoms with Crippen molar-refractivity contribution in [1.82, 2.24) is 30.6 Å². The minimum Gasteiger partial charge on any atom is -0.375 e. The summed E-state index contributed by atoms with van der Waals surface area (Å²) < 4.78 is 53.3. The lowest BCUT2D eigenvalue weighted by Gasteiger charge is -2.16.